The Labute approximate surface area is 122 Å². The van der Waals surface area contributed by atoms with Gasteiger partial charge in [-0.3, -0.25) is 4.40 Å². The van der Waals surface area contributed by atoms with Gasteiger partial charge in [0, 0.05) is 16.6 Å². The van der Waals surface area contributed by atoms with Gasteiger partial charge >= 0.3 is 0 Å². The van der Waals surface area contributed by atoms with Gasteiger partial charge < -0.3 is 0 Å². The molecule has 20 heavy (non-hydrogen) atoms. The van der Waals surface area contributed by atoms with Crippen molar-refractivity contribution in [3.05, 3.63) is 46.1 Å². The second-order valence-corrected chi connectivity index (χ2v) is 5.87. The van der Waals surface area contributed by atoms with Crippen LogP contribution in [0.2, 0.25) is 0 Å². The molecule has 0 aliphatic carbocycles. The van der Waals surface area contributed by atoms with E-state index in [0.717, 1.165) is 27.6 Å². The number of aryl methyl sites for hydroxylation is 3. The number of benzene rings is 1. The van der Waals surface area contributed by atoms with Crippen molar-refractivity contribution in [2.45, 2.75) is 27.2 Å². The first-order chi connectivity index (χ1) is 9.61. The highest BCUT2D eigenvalue weighted by Crippen LogP contribution is 2.29. The molecule has 0 atom stereocenters. The van der Waals surface area contributed by atoms with Crippen LogP contribution in [0.3, 0.4) is 0 Å². The highest BCUT2D eigenvalue weighted by atomic mass is 32.1. The van der Waals surface area contributed by atoms with E-state index in [4.69, 9.17) is 10.2 Å². The zero-order chi connectivity index (χ0) is 14.3. The quantitative estimate of drug-likeness (QED) is 0.711. The third-order valence-electron chi connectivity index (χ3n) is 3.66. The normalized spacial score (nSPS) is 10.9. The predicted octanol–water partition coefficient (Wildman–Crippen LogP) is 4.05. The second kappa shape index (κ2) is 4.77. The smallest absolute Gasteiger partial charge is 0.194 e. The molecule has 0 amide bonds. The molecule has 3 aromatic rings. The van der Waals surface area contributed by atoms with E-state index in [-0.39, 0.29) is 0 Å². The number of fused-ring (bicyclic) bond motifs is 1. The standard InChI is InChI=1S/C16H15N3S/c1-10-4-5-13(8-11(10)2)15-14(6-7-17)19-12(3)9-20-16(19)18-15/h4-5,8-9H,6H2,1-3H3. The van der Waals surface area contributed by atoms with Gasteiger partial charge in [-0.05, 0) is 38.0 Å². The van der Waals surface area contributed by atoms with Crippen molar-refractivity contribution in [2.24, 2.45) is 0 Å². The van der Waals surface area contributed by atoms with E-state index in [1.165, 1.54) is 11.1 Å². The Hall–Kier alpha value is -2.12. The number of aromatic nitrogens is 2. The van der Waals surface area contributed by atoms with Crippen LogP contribution in [0, 0.1) is 32.1 Å². The lowest BCUT2D eigenvalue weighted by Crippen LogP contribution is -1.95. The van der Waals surface area contributed by atoms with E-state index < -0.39 is 0 Å². The molecule has 0 spiro atoms. The molecule has 0 saturated heterocycles. The topological polar surface area (TPSA) is 41.1 Å². The molecule has 0 bridgehead atoms. The van der Waals surface area contributed by atoms with Crippen LogP contribution in [0.25, 0.3) is 16.2 Å². The fraction of sp³-hybridized carbons (Fsp3) is 0.250. The fourth-order valence-corrected chi connectivity index (χ4v) is 3.31. The van der Waals surface area contributed by atoms with Gasteiger partial charge in [0.25, 0.3) is 0 Å². The van der Waals surface area contributed by atoms with Crippen molar-refractivity contribution in [3.8, 4) is 17.3 Å². The molecular weight excluding hydrogens is 266 g/mol. The maximum atomic E-state index is 9.11. The summed E-state index contributed by atoms with van der Waals surface area (Å²) in [6, 6.07) is 8.61. The van der Waals surface area contributed by atoms with Crippen LogP contribution in [-0.4, -0.2) is 9.38 Å². The van der Waals surface area contributed by atoms with Crippen molar-refractivity contribution in [2.75, 3.05) is 0 Å². The lowest BCUT2D eigenvalue weighted by atomic mass is 10.0. The molecule has 0 aliphatic heterocycles. The Balaban J connectivity index is 2.27. The average Bonchev–Trinajstić information content (AvgIpc) is 2.95. The first-order valence-electron chi connectivity index (χ1n) is 6.52. The zero-order valence-electron chi connectivity index (χ0n) is 11.8. The minimum atomic E-state index is 0.376. The number of rotatable bonds is 2. The lowest BCUT2D eigenvalue weighted by Gasteiger charge is -2.05. The van der Waals surface area contributed by atoms with Crippen molar-refractivity contribution in [1.82, 2.24) is 9.38 Å². The molecule has 0 saturated carbocycles. The first-order valence-corrected chi connectivity index (χ1v) is 7.39. The Bertz CT molecular complexity index is 833. The zero-order valence-corrected chi connectivity index (χ0v) is 12.6. The number of thiazole rings is 1. The third kappa shape index (κ3) is 1.91. The van der Waals surface area contributed by atoms with Gasteiger partial charge in [0.05, 0.1) is 23.9 Å². The summed E-state index contributed by atoms with van der Waals surface area (Å²) in [6.07, 6.45) is 0.376. The summed E-state index contributed by atoms with van der Waals surface area (Å²) in [4.78, 5) is 5.68. The van der Waals surface area contributed by atoms with E-state index in [0.29, 0.717) is 6.42 Å². The van der Waals surface area contributed by atoms with Crippen LogP contribution in [0.5, 0.6) is 0 Å². The molecule has 0 N–H and O–H groups in total. The van der Waals surface area contributed by atoms with E-state index in [9.17, 15) is 0 Å². The van der Waals surface area contributed by atoms with Crippen molar-refractivity contribution in [3.63, 3.8) is 0 Å². The molecule has 0 unspecified atom stereocenters. The molecule has 0 radical (unpaired) electrons. The van der Waals surface area contributed by atoms with Crippen molar-refractivity contribution >= 4 is 16.3 Å². The first kappa shape index (κ1) is 12.9. The number of hydrogen-bond donors (Lipinski definition) is 0. The summed E-state index contributed by atoms with van der Waals surface area (Å²) in [6.45, 7) is 6.26. The van der Waals surface area contributed by atoms with Crippen molar-refractivity contribution < 1.29 is 0 Å². The molecule has 2 heterocycles. The van der Waals surface area contributed by atoms with Crippen LogP contribution in [0.4, 0.5) is 0 Å². The summed E-state index contributed by atoms with van der Waals surface area (Å²) in [7, 11) is 0. The lowest BCUT2D eigenvalue weighted by molar-refractivity contribution is 1.03. The Morgan fingerprint density at radius 3 is 2.75 bits per heavy atom. The second-order valence-electron chi connectivity index (χ2n) is 5.04. The van der Waals surface area contributed by atoms with Gasteiger partial charge in [-0.25, -0.2) is 4.98 Å². The third-order valence-corrected chi connectivity index (χ3v) is 4.60. The van der Waals surface area contributed by atoms with Crippen LogP contribution in [0.15, 0.2) is 23.6 Å². The summed E-state index contributed by atoms with van der Waals surface area (Å²) < 4.78 is 2.10. The molecule has 4 heteroatoms. The van der Waals surface area contributed by atoms with Crippen molar-refractivity contribution in [1.29, 1.82) is 5.26 Å². The van der Waals surface area contributed by atoms with E-state index in [1.54, 1.807) is 11.3 Å². The Morgan fingerprint density at radius 1 is 1.25 bits per heavy atom. The molecular formula is C16H15N3S. The van der Waals surface area contributed by atoms with Gasteiger partial charge in [-0.2, -0.15) is 5.26 Å². The van der Waals surface area contributed by atoms with E-state index in [2.05, 4.69) is 54.8 Å². The number of hydrogen-bond acceptors (Lipinski definition) is 3. The number of nitrogens with zero attached hydrogens (tertiary/aromatic N) is 3. The minimum Gasteiger partial charge on any atom is -0.290 e. The molecule has 2 aromatic heterocycles. The largest absolute Gasteiger partial charge is 0.290 e. The summed E-state index contributed by atoms with van der Waals surface area (Å²) in [5.41, 5.74) is 6.67. The van der Waals surface area contributed by atoms with E-state index >= 15 is 0 Å². The highest BCUT2D eigenvalue weighted by Gasteiger charge is 2.16. The molecule has 3 rings (SSSR count). The minimum absolute atomic E-state index is 0.376. The van der Waals surface area contributed by atoms with Gasteiger partial charge in [-0.1, -0.05) is 12.1 Å². The summed E-state index contributed by atoms with van der Waals surface area (Å²) >= 11 is 1.62. The van der Waals surface area contributed by atoms with Crippen LogP contribution in [0.1, 0.15) is 22.5 Å². The highest BCUT2D eigenvalue weighted by molar-refractivity contribution is 7.15. The monoisotopic (exact) mass is 281 g/mol. The fourth-order valence-electron chi connectivity index (χ4n) is 2.42. The predicted molar refractivity (Wildman–Crippen MR) is 82.0 cm³/mol. The number of imidazole rings is 1. The van der Waals surface area contributed by atoms with E-state index in [1.807, 2.05) is 0 Å². The number of nitriles is 1. The molecule has 0 aliphatic rings. The van der Waals surface area contributed by atoms with Gasteiger partial charge in [0.15, 0.2) is 4.96 Å². The summed E-state index contributed by atoms with van der Waals surface area (Å²) in [5.74, 6) is 0. The molecule has 3 nitrogen and oxygen atoms in total. The Kier molecular flexibility index (Phi) is 3.07. The van der Waals surface area contributed by atoms with Gasteiger partial charge in [0.2, 0.25) is 0 Å². The molecule has 1 aromatic carbocycles. The maximum absolute atomic E-state index is 9.11. The maximum Gasteiger partial charge on any atom is 0.194 e. The van der Waals surface area contributed by atoms with Crippen LogP contribution in [-0.2, 0) is 6.42 Å². The average molecular weight is 281 g/mol. The van der Waals surface area contributed by atoms with Crippen LogP contribution >= 0.6 is 11.3 Å². The molecule has 100 valence electrons. The van der Waals surface area contributed by atoms with Crippen LogP contribution < -0.4 is 0 Å². The molecule has 0 fully saturated rings. The Morgan fingerprint density at radius 2 is 2.05 bits per heavy atom. The SMILES string of the molecule is Cc1ccc(-c2nc3scc(C)n3c2CC#N)cc1C. The van der Waals surface area contributed by atoms with Gasteiger partial charge in [-0.15, -0.1) is 11.3 Å². The summed E-state index contributed by atoms with van der Waals surface area (Å²) in [5, 5.41) is 11.2. The van der Waals surface area contributed by atoms with Gasteiger partial charge in [0.1, 0.15) is 0 Å².